The lowest BCUT2D eigenvalue weighted by Crippen LogP contribution is -2.27. The van der Waals surface area contributed by atoms with Gasteiger partial charge in [0.2, 0.25) is 0 Å². The Labute approximate surface area is 131 Å². The van der Waals surface area contributed by atoms with Gasteiger partial charge in [0.15, 0.2) is 0 Å². The molecule has 1 aliphatic rings. The molecule has 0 amide bonds. The summed E-state index contributed by atoms with van der Waals surface area (Å²) in [5.74, 6) is 0. The van der Waals surface area contributed by atoms with Crippen molar-refractivity contribution in [1.82, 2.24) is 0 Å². The highest BCUT2D eigenvalue weighted by Gasteiger charge is 2.36. The molecule has 1 aliphatic carbocycles. The molecular formula is C18H20ClOP. The van der Waals surface area contributed by atoms with Crippen LogP contribution in [0.1, 0.15) is 32.1 Å². The molecule has 0 N–H and O–H groups in total. The van der Waals surface area contributed by atoms with Crippen molar-refractivity contribution >= 4 is 29.4 Å². The SMILES string of the molecule is O=[P@@](c1ccccc1)(c1ccc(Cl)cc1)C1CCCCC1. The summed E-state index contributed by atoms with van der Waals surface area (Å²) in [6.07, 6.45) is 5.78. The molecule has 0 heterocycles. The van der Waals surface area contributed by atoms with Crippen molar-refractivity contribution in [3.05, 3.63) is 59.6 Å². The lowest BCUT2D eigenvalue weighted by atomic mass is 10.0. The molecule has 21 heavy (non-hydrogen) atoms. The van der Waals surface area contributed by atoms with E-state index in [9.17, 15) is 4.57 Å². The molecule has 0 unspecified atom stereocenters. The zero-order chi connectivity index (χ0) is 14.7. The van der Waals surface area contributed by atoms with Gasteiger partial charge >= 0.3 is 0 Å². The first-order valence-corrected chi connectivity index (χ1v) is 9.78. The van der Waals surface area contributed by atoms with E-state index in [0.29, 0.717) is 5.02 Å². The number of hydrogen-bond donors (Lipinski definition) is 0. The van der Waals surface area contributed by atoms with Crippen LogP contribution in [-0.4, -0.2) is 5.66 Å². The zero-order valence-corrected chi connectivity index (χ0v) is 13.7. The van der Waals surface area contributed by atoms with Gasteiger partial charge in [0.25, 0.3) is 0 Å². The van der Waals surface area contributed by atoms with Crippen LogP contribution in [0, 0.1) is 0 Å². The predicted molar refractivity (Wildman–Crippen MR) is 91.6 cm³/mol. The first kappa shape index (κ1) is 14.9. The maximum Gasteiger partial charge on any atom is 0.146 e. The Morgan fingerprint density at radius 3 is 2.00 bits per heavy atom. The Morgan fingerprint density at radius 1 is 0.810 bits per heavy atom. The van der Waals surface area contributed by atoms with Crippen molar-refractivity contribution in [3.8, 4) is 0 Å². The number of benzene rings is 2. The second-order valence-electron chi connectivity index (χ2n) is 5.76. The molecule has 0 bridgehead atoms. The van der Waals surface area contributed by atoms with E-state index in [2.05, 4.69) is 0 Å². The monoisotopic (exact) mass is 318 g/mol. The van der Waals surface area contributed by atoms with Gasteiger partial charge in [-0.2, -0.15) is 0 Å². The maximum atomic E-state index is 14.0. The van der Waals surface area contributed by atoms with E-state index in [1.165, 1.54) is 19.3 Å². The largest absolute Gasteiger partial charge is 0.313 e. The fraction of sp³-hybridized carbons (Fsp3) is 0.333. The summed E-state index contributed by atoms with van der Waals surface area (Å²) in [5.41, 5.74) is 0.273. The van der Waals surface area contributed by atoms with Gasteiger partial charge in [0.1, 0.15) is 7.14 Å². The lowest BCUT2D eigenvalue weighted by Gasteiger charge is -2.31. The van der Waals surface area contributed by atoms with Gasteiger partial charge in [0.05, 0.1) is 0 Å². The van der Waals surface area contributed by atoms with Crippen LogP contribution in [0.25, 0.3) is 0 Å². The van der Waals surface area contributed by atoms with Gasteiger partial charge < -0.3 is 4.57 Å². The van der Waals surface area contributed by atoms with Crippen molar-refractivity contribution in [3.63, 3.8) is 0 Å². The lowest BCUT2D eigenvalue weighted by molar-refractivity contribution is 0.490. The van der Waals surface area contributed by atoms with Crippen LogP contribution in [0.3, 0.4) is 0 Å². The summed E-state index contributed by atoms with van der Waals surface area (Å²) >= 11 is 6.00. The fourth-order valence-electron chi connectivity index (χ4n) is 3.33. The van der Waals surface area contributed by atoms with E-state index in [1.807, 2.05) is 54.6 Å². The molecule has 3 rings (SSSR count). The van der Waals surface area contributed by atoms with E-state index >= 15 is 0 Å². The minimum absolute atomic E-state index is 0.273. The minimum Gasteiger partial charge on any atom is -0.313 e. The van der Waals surface area contributed by atoms with Crippen molar-refractivity contribution < 1.29 is 4.57 Å². The predicted octanol–water partition coefficient (Wildman–Crippen LogP) is 4.99. The van der Waals surface area contributed by atoms with E-state index < -0.39 is 7.14 Å². The maximum absolute atomic E-state index is 14.0. The topological polar surface area (TPSA) is 17.1 Å². The summed E-state index contributed by atoms with van der Waals surface area (Å²) in [5, 5.41) is 2.63. The van der Waals surface area contributed by atoms with E-state index in [-0.39, 0.29) is 5.66 Å². The van der Waals surface area contributed by atoms with Gasteiger partial charge in [-0.3, -0.25) is 0 Å². The van der Waals surface area contributed by atoms with Crippen LogP contribution in [-0.2, 0) is 4.57 Å². The average Bonchev–Trinajstić information content (AvgIpc) is 2.56. The van der Waals surface area contributed by atoms with Crippen LogP contribution in [0.2, 0.25) is 5.02 Å². The highest BCUT2D eigenvalue weighted by Crippen LogP contribution is 2.53. The molecule has 0 radical (unpaired) electrons. The Morgan fingerprint density at radius 2 is 1.38 bits per heavy atom. The van der Waals surface area contributed by atoms with Crippen LogP contribution >= 0.6 is 18.7 Å². The molecule has 0 aromatic heterocycles. The summed E-state index contributed by atoms with van der Waals surface area (Å²) in [4.78, 5) is 0. The third kappa shape index (κ3) is 2.96. The summed E-state index contributed by atoms with van der Waals surface area (Å²) < 4.78 is 14.0. The molecule has 0 aliphatic heterocycles. The fourth-order valence-corrected chi connectivity index (χ4v) is 6.89. The molecular weight excluding hydrogens is 299 g/mol. The Hall–Kier alpha value is -1.04. The highest BCUT2D eigenvalue weighted by atomic mass is 35.5. The summed E-state index contributed by atoms with van der Waals surface area (Å²) in [7, 11) is -2.58. The second kappa shape index (κ2) is 6.38. The van der Waals surface area contributed by atoms with Gasteiger partial charge in [-0.25, -0.2) is 0 Å². The standard InChI is InChI=1S/C18H20ClOP/c19-15-11-13-18(14-12-15)21(20,16-7-3-1-4-8-16)17-9-5-2-6-10-17/h1,3-4,7-8,11-14,17H,2,5-6,9-10H2/t21-/m1/s1. The summed E-state index contributed by atoms with van der Waals surface area (Å²) in [6.45, 7) is 0. The van der Waals surface area contributed by atoms with Gasteiger partial charge in [-0.05, 0) is 37.1 Å². The quantitative estimate of drug-likeness (QED) is 0.729. The van der Waals surface area contributed by atoms with Gasteiger partial charge in [-0.15, -0.1) is 0 Å². The molecule has 0 saturated heterocycles. The molecule has 3 heteroatoms. The third-order valence-electron chi connectivity index (χ3n) is 4.44. The smallest absolute Gasteiger partial charge is 0.146 e. The molecule has 1 nitrogen and oxygen atoms in total. The van der Waals surface area contributed by atoms with Crippen LogP contribution in [0.5, 0.6) is 0 Å². The summed E-state index contributed by atoms with van der Waals surface area (Å²) in [6, 6.07) is 17.6. The molecule has 1 fully saturated rings. The molecule has 0 spiro atoms. The average molecular weight is 319 g/mol. The van der Waals surface area contributed by atoms with Gasteiger partial charge in [0, 0.05) is 21.3 Å². The Bertz CT molecular complexity index is 630. The number of halogens is 1. The molecule has 110 valence electrons. The normalized spacial score (nSPS) is 19.1. The van der Waals surface area contributed by atoms with Crippen LogP contribution in [0.15, 0.2) is 54.6 Å². The molecule has 1 saturated carbocycles. The first-order valence-electron chi connectivity index (χ1n) is 7.63. The van der Waals surface area contributed by atoms with Crippen molar-refractivity contribution in [1.29, 1.82) is 0 Å². The minimum atomic E-state index is -2.58. The van der Waals surface area contributed by atoms with Crippen molar-refractivity contribution in [2.45, 2.75) is 37.8 Å². The molecule has 2 aromatic carbocycles. The van der Waals surface area contributed by atoms with E-state index in [4.69, 9.17) is 11.6 Å². The third-order valence-corrected chi connectivity index (χ3v) is 8.37. The van der Waals surface area contributed by atoms with Crippen LogP contribution in [0.4, 0.5) is 0 Å². The van der Waals surface area contributed by atoms with Gasteiger partial charge in [-0.1, -0.05) is 61.2 Å². The second-order valence-corrected chi connectivity index (χ2v) is 9.28. The van der Waals surface area contributed by atoms with Crippen LogP contribution < -0.4 is 10.6 Å². The van der Waals surface area contributed by atoms with Crippen molar-refractivity contribution in [2.24, 2.45) is 0 Å². The highest BCUT2D eigenvalue weighted by molar-refractivity contribution is 7.79. The number of hydrogen-bond acceptors (Lipinski definition) is 1. The van der Waals surface area contributed by atoms with E-state index in [0.717, 1.165) is 23.5 Å². The Balaban J connectivity index is 2.10. The number of rotatable bonds is 3. The van der Waals surface area contributed by atoms with Crippen molar-refractivity contribution in [2.75, 3.05) is 0 Å². The molecule has 1 atom stereocenters. The first-order chi connectivity index (χ1) is 10.2. The Kier molecular flexibility index (Phi) is 4.52. The molecule has 2 aromatic rings. The van der Waals surface area contributed by atoms with E-state index in [1.54, 1.807) is 0 Å². The zero-order valence-electron chi connectivity index (χ0n) is 12.0.